The molecule has 2 aromatic carbocycles. The van der Waals surface area contributed by atoms with Crippen LogP contribution in [0.4, 0.5) is 0 Å². The molecule has 0 spiro atoms. The second kappa shape index (κ2) is 14.7. The maximum atomic E-state index is 14.0. The van der Waals surface area contributed by atoms with Gasteiger partial charge in [0.15, 0.2) is 0 Å². The van der Waals surface area contributed by atoms with Crippen molar-refractivity contribution < 1.29 is 23.8 Å². The van der Waals surface area contributed by atoms with E-state index in [1.807, 2.05) is 47.5 Å². The Morgan fingerprint density at radius 2 is 2.04 bits per heavy atom. The van der Waals surface area contributed by atoms with Crippen molar-refractivity contribution in [2.24, 2.45) is 0 Å². The summed E-state index contributed by atoms with van der Waals surface area (Å²) in [6.45, 7) is 5.95. The predicted molar refractivity (Wildman–Crippen MR) is 176 cm³/mol. The number of aryl methyl sites for hydroxylation is 1. The van der Waals surface area contributed by atoms with Gasteiger partial charge in [-0.05, 0) is 62.8 Å². The van der Waals surface area contributed by atoms with Gasteiger partial charge in [-0.3, -0.25) is 9.59 Å². The van der Waals surface area contributed by atoms with Gasteiger partial charge in [-0.15, -0.1) is 11.3 Å². The van der Waals surface area contributed by atoms with Crippen LogP contribution < -0.4 is 10.6 Å². The van der Waals surface area contributed by atoms with Gasteiger partial charge in [-0.2, -0.15) is 0 Å². The number of carbonyl (C=O) groups excluding carboxylic acids is 2. The van der Waals surface area contributed by atoms with E-state index >= 15 is 0 Å². The highest BCUT2D eigenvalue weighted by molar-refractivity contribution is 7.09. The number of amides is 2. The van der Waals surface area contributed by atoms with E-state index in [-0.39, 0.29) is 29.7 Å². The zero-order chi connectivity index (χ0) is 32.0. The summed E-state index contributed by atoms with van der Waals surface area (Å²) in [4.78, 5) is 38.9. The molecule has 2 amide bonds. The molecule has 4 aromatic rings. The smallest absolute Gasteiger partial charge is 0.254 e. The van der Waals surface area contributed by atoms with Crippen molar-refractivity contribution in [3.8, 4) is 11.5 Å². The van der Waals surface area contributed by atoms with Crippen molar-refractivity contribution in [3.63, 3.8) is 0 Å². The lowest BCUT2D eigenvalue weighted by molar-refractivity contribution is 0.0514. The highest BCUT2D eigenvalue weighted by Gasteiger charge is 2.36. The van der Waals surface area contributed by atoms with Crippen LogP contribution in [0.2, 0.25) is 0 Å². The average Bonchev–Trinajstić information content (AvgIpc) is 3.91. The number of nitrogens with one attached hydrogen (secondary N) is 2. The van der Waals surface area contributed by atoms with E-state index in [4.69, 9.17) is 9.15 Å². The second-order valence-corrected chi connectivity index (χ2v) is 13.0. The van der Waals surface area contributed by atoms with E-state index < -0.39 is 18.1 Å². The summed E-state index contributed by atoms with van der Waals surface area (Å²) in [5, 5.41) is 21.0. The number of hydrogen-bond donors (Lipinski definition) is 3. The molecule has 0 aliphatic carbocycles. The lowest BCUT2D eigenvalue weighted by Gasteiger charge is -2.29. The monoisotopic (exact) mass is 643 g/mol. The molecule has 0 unspecified atom stereocenters. The van der Waals surface area contributed by atoms with Crippen molar-refractivity contribution in [2.45, 2.75) is 76.3 Å². The Bertz CT molecular complexity index is 1610. The first kappa shape index (κ1) is 32.1. The molecule has 46 heavy (non-hydrogen) atoms. The van der Waals surface area contributed by atoms with E-state index in [1.165, 1.54) is 12.5 Å². The number of hydrogen-bond acceptors (Lipinski definition) is 9. The first-order valence-corrected chi connectivity index (χ1v) is 16.9. The van der Waals surface area contributed by atoms with Crippen LogP contribution in [-0.4, -0.2) is 75.8 Å². The quantitative estimate of drug-likeness (QED) is 0.198. The van der Waals surface area contributed by atoms with Gasteiger partial charge in [-0.1, -0.05) is 37.3 Å². The third-order valence-corrected chi connectivity index (χ3v) is 9.74. The van der Waals surface area contributed by atoms with E-state index in [1.54, 1.807) is 29.5 Å². The molecular weight excluding hydrogens is 602 g/mol. The molecule has 6 rings (SSSR count). The SMILES string of the molecule is CCCO[C@H]1CN[C@@H]([C@@H](O)[C@H](Cc2ccccc2)NC(=O)c2cc(C(=O)N3CCC[C@@H]3c3nc(C)cs3)cc(-c3ncco3)c2)C1. The van der Waals surface area contributed by atoms with Crippen LogP contribution in [-0.2, 0) is 11.2 Å². The molecule has 2 saturated heterocycles. The van der Waals surface area contributed by atoms with Gasteiger partial charge in [0.2, 0.25) is 5.89 Å². The number of ether oxygens (including phenoxy) is 1. The zero-order valence-corrected chi connectivity index (χ0v) is 27.0. The minimum atomic E-state index is -0.873. The number of aromatic nitrogens is 2. The van der Waals surface area contributed by atoms with Crippen molar-refractivity contribution in [3.05, 3.63) is 93.8 Å². The number of carbonyl (C=O) groups is 2. The van der Waals surface area contributed by atoms with Gasteiger partial charge in [0.25, 0.3) is 11.8 Å². The first-order valence-electron chi connectivity index (χ1n) is 16.1. The van der Waals surface area contributed by atoms with Crippen molar-refractivity contribution >= 4 is 23.2 Å². The van der Waals surface area contributed by atoms with Gasteiger partial charge in [0.05, 0.1) is 30.5 Å². The molecule has 2 aliphatic rings. The number of thiazole rings is 1. The number of aliphatic hydroxyl groups excluding tert-OH is 1. The minimum absolute atomic E-state index is 0.0152. The van der Waals surface area contributed by atoms with Crippen molar-refractivity contribution in [1.29, 1.82) is 0 Å². The lowest BCUT2D eigenvalue weighted by atomic mass is 9.94. The largest absolute Gasteiger partial charge is 0.445 e. The van der Waals surface area contributed by atoms with Gasteiger partial charge >= 0.3 is 0 Å². The molecule has 2 fully saturated rings. The topological polar surface area (TPSA) is 130 Å². The standard InChI is InChI=1S/C35H41N5O5S/c1-3-13-44-27-19-28(37-20-27)31(41)29(15-23-8-5-4-6-9-23)39-32(42)24-16-25(33-36-11-14-45-33)18-26(17-24)35(43)40-12-7-10-30(40)34-38-22(2)21-46-34/h4-6,8-9,11,14,16-18,21,27-31,37,41H,3,7,10,12-13,15,19-20H2,1-2H3,(H,39,42)/t27-,28-,29+,30-,31-/m1/s1. The number of benzene rings is 2. The Balaban J connectivity index is 1.27. The lowest BCUT2D eigenvalue weighted by Crippen LogP contribution is -2.52. The summed E-state index contributed by atoms with van der Waals surface area (Å²) >= 11 is 1.57. The van der Waals surface area contributed by atoms with Crippen LogP contribution in [0.1, 0.15) is 75.6 Å². The third-order valence-electron chi connectivity index (χ3n) is 8.68. The molecule has 2 aromatic heterocycles. The molecule has 5 atom stereocenters. The summed E-state index contributed by atoms with van der Waals surface area (Å²) in [5.41, 5.74) is 3.11. The molecule has 2 aliphatic heterocycles. The molecule has 11 heteroatoms. The molecule has 3 N–H and O–H groups in total. The van der Waals surface area contributed by atoms with Gasteiger partial charge < -0.3 is 29.8 Å². The van der Waals surface area contributed by atoms with E-state index in [0.717, 1.165) is 35.5 Å². The number of oxazole rings is 1. The number of aliphatic hydroxyl groups is 1. The van der Waals surface area contributed by atoms with Crippen molar-refractivity contribution in [2.75, 3.05) is 19.7 Å². The van der Waals surface area contributed by atoms with Crippen LogP contribution in [0.3, 0.4) is 0 Å². The molecule has 0 radical (unpaired) electrons. The highest BCUT2D eigenvalue weighted by Crippen LogP contribution is 2.35. The summed E-state index contributed by atoms with van der Waals surface area (Å²) < 4.78 is 11.5. The molecule has 4 heterocycles. The first-order chi connectivity index (χ1) is 22.4. The predicted octanol–water partition coefficient (Wildman–Crippen LogP) is 4.94. The maximum Gasteiger partial charge on any atom is 0.254 e. The van der Waals surface area contributed by atoms with Gasteiger partial charge in [-0.25, -0.2) is 9.97 Å². The molecular formula is C35H41N5O5S. The fourth-order valence-corrected chi connectivity index (χ4v) is 7.33. The fourth-order valence-electron chi connectivity index (χ4n) is 6.39. The van der Waals surface area contributed by atoms with Gasteiger partial charge in [0.1, 0.15) is 11.3 Å². The molecule has 0 bridgehead atoms. The Kier molecular flexibility index (Phi) is 10.2. The Morgan fingerprint density at radius 1 is 1.22 bits per heavy atom. The summed E-state index contributed by atoms with van der Waals surface area (Å²) in [5.74, 6) is -0.258. The van der Waals surface area contributed by atoms with E-state index in [9.17, 15) is 14.7 Å². The van der Waals surface area contributed by atoms with Crippen LogP contribution in [0.5, 0.6) is 0 Å². The number of nitrogens with zero attached hydrogens (tertiary/aromatic N) is 3. The third kappa shape index (κ3) is 7.39. The summed E-state index contributed by atoms with van der Waals surface area (Å²) in [6.07, 6.45) is 5.85. The van der Waals surface area contributed by atoms with Crippen LogP contribution in [0.15, 0.2) is 70.8 Å². The Morgan fingerprint density at radius 3 is 2.78 bits per heavy atom. The normalized spacial score (nSPS) is 20.9. The molecule has 0 saturated carbocycles. The van der Waals surface area contributed by atoms with Crippen LogP contribution >= 0.6 is 11.3 Å². The summed E-state index contributed by atoms with van der Waals surface area (Å²) in [7, 11) is 0. The fraction of sp³-hybridized carbons (Fsp3) is 0.429. The molecule has 242 valence electrons. The second-order valence-electron chi connectivity index (χ2n) is 12.1. The average molecular weight is 644 g/mol. The van der Waals surface area contributed by atoms with Crippen LogP contribution in [0.25, 0.3) is 11.5 Å². The maximum absolute atomic E-state index is 14.0. The van der Waals surface area contributed by atoms with Gasteiger partial charge in [0, 0.05) is 53.5 Å². The van der Waals surface area contributed by atoms with Crippen molar-refractivity contribution in [1.82, 2.24) is 25.5 Å². The van der Waals surface area contributed by atoms with Crippen LogP contribution in [0, 0.1) is 6.92 Å². The highest BCUT2D eigenvalue weighted by atomic mass is 32.1. The van der Waals surface area contributed by atoms with E-state index in [2.05, 4.69) is 27.5 Å². The number of rotatable bonds is 12. The summed E-state index contributed by atoms with van der Waals surface area (Å²) in [6, 6.07) is 13.9. The number of likely N-dealkylation sites (tertiary alicyclic amines) is 1. The van der Waals surface area contributed by atoms with E-state index in [0.29, 0.717) is 49.6 Å². The Hall–Kier alpha value is -3.90. The minimum Gasteiger partial charge on any atom is -0.445 e. The Labute approximate surface area is 273 Å². The molecule has 10 nitrogen and oxygen atoms in total. The zero-order valence-electron chi connectivity index (χ0n) is 26.2.